The molecule has 0 amide bonds. The summed E-state index contributed by atoms with van der Waals surface area (Å²) < 4.78 is 33.0. The van der Waals surface area contributed by atoms with Crippen LogP contribution in [0.1, 0.15) is 20.3 Å². The molecule has 0 heterocycles. The van der Waals surface area contributed by atoms with Crippen molar-refractivity contribution in [3.63, 3.8) is 0 Å². The fraction of sp³-hybridized carbons (Fsp3) is 0.857. The van der Waals surface area contributed by atoms with Gasteiger partial charge in [0.25, 0.3) is 0 Å². The van der Waals surface area contributed by atoms with Crippen molar-refractivity contribution in [3.05, 3.63) is 0 Å². The molecule has 3 N–H and O–H groups in total. The Morgan fingerprint density at radius 2 is 2.00 bits per heavy atom. The number of hydrogen-bond donors (Lipinski definition) is 2. The summed E-state index contributed by atoms with van der Waals surface area (Å²) in [6.45, 7) is 3.74. The van der Waals surface area contributed by atoms with E-state index in [1.165, 1.54) is 0 Å². The predicted octanol–water partition coefficient (Wildman–Crippen LogP) is -0.252. The first-order valence-electron chi connectivity index (χ1n) is 4.09. The first-order valence-corrected chi connectivity index (χ1v) is 5.70. The van der Waals surface area contributed by atoms with Gasteiger partial charge in [-0.15, -0.1) is 0 Å². The number of carbonyl (C=O) groups is 1. The SMILES string of the molecule is CC(C)C[C@H](N)C(=O)OCS(=O)(=O)O. The van der Waals surface area contributed by atoms with Gasteiger partial charge in [0.15, 0.2) is 0 Å². The van der Waals surface area contributed by atoms with E-state index >= 15 is 0 Å². The first-order chi connectivity index (χ1) is 6.22. The number of carbonyl (C=O) groups excluding carboxylic acids is 1. The largest absolute Gasteiger partial charge is 0.445 e. The van der Waals surface area contributed by atoms with Gasteiger partial charge in [-0.05, 0) is 12.3 Å². The topological polar surface area (TPSA) is 107 Å². The first kappa shape index (κ1) is 13.3. The second-order valence-electron chi connectivity index (χ2n) is 3.40. The maximum atomic E-state index is 11.0. The number of rotatable bonds is 5. The van der Waals surface area contributed by atoms with Crippen LogP contribution in [-0.2, 0) is 19.6 Å². The summed E-state index contributed by atoms with van der Waals surface area (Å²) in [4.78, 5) is 11.0. The summed E-state index contributed by atoms with van der Waals surface area (Å²) in [5.74, 6) is -1.66. The minimum Gasteiger partial charge on any atom is -0.445 e. The Morgan fingerprint density at radius 3 is 2.36 bits per heavy atom. The van der Waals surface area contributed by atoms with Crippen LogP contribution in [0, 0.1) is 5.92 Å². The normalized spacial score (nSPS) is 14.1. The van der Waals surface area contributed by atoms with E-state index in [1.54, 1.807) is 0 Å². The lowest BCUT2D eigenvalue weighted by molar-refractivity contribution is -0.143. The number of ether oxygens (including phenoxy) is 1. The maximum absolute atomic E-state index is 11.0. The third kappa shape index (κ3) is 6.81. The number of nitrogens with two attached hydrogens (primary N) is 1. The summed E-state index contributed by atoms with van der Waals surface area (Å²) in [6, 6.07) is -0.850. The Balaban J connectivity index is 3.97. The van der Waals surface area contributed by atoms with Crippen LogP contribution in [0.15, 0.2) is 0 Å². The highest BCUT2D eigenvalue weighted by Gasteiger charge is 2.18. The van der Waals surface area contributed by atoms with E-state index in [0.29, 0.717) is 6.42 Å². The molecular formula is C7H15NO5S. The minimum absolute atomic E-state index is 0.211. The van der Waals surface area contributed by atoms with E-state index in [2.05, 4.69) is 4.74 Å². The molecular weight excluding hydrogens is 210 g/mol. The molecule has 6 nitrogen and oxygen atoms in total. The summed E-state index contributed by atoms with van der Waals surface area (Å²) >= 11 is 0. The Labute approximate surface area is 83.2 Å². The molecule has 0 aromatic heterocycles. The minimum atomic E-state index is -4.28. The average molecular weight is 225 g/mol. The van der Waals surface area contributed by atoms with Crippen molar-refractivity contribution < 1.29 is 22.5 Å². The Hall–Kier alpha value is -0.660. The molecule has 0 rings (SSSR count). The average Bonchev–Trinajstić information content (AvgIpc) is 1.97. The van der Waals surface area contributed by atoms with Gasteiger partial charge in [0.1, 0.15) is 6.04 Å². The lowest BCUT2D eigenvalue weighted by Crippen LogP contribution is -2.34. The zero-order valence-electron chi connectivity index (χ0n) is 8.13. The van der Waals surface area contributed by atoms with Crippen molar-refractivity contribution in [2.24, 2.45) is 11.7 Å². The summed E-state index contributed by atoms with van der Waals surface area (Å²) in [5.41, 5.74) is 5.40. The molecule has 1 atom stereocenters. The monoisotopic (exact) mass is 225 g/mol. The highest BCUT2D eigenvalue weighted by atomic mass is 32.2. The number of hydrogen-bond acceptors (Lipinski definition) is 5. The zero-order valence-corrected chi connectivity index (χ0v) is 8.95. The van der Waals surface area contributed by atoms with Gasteiger partial charge in [0.05, 0.1) is 0 Å². The van der Waals surface area contributed by atoms with Gasteiger partial charge in [0, 0.05) is 0 Å². The van der Waals surface area contributed by atoms with Crippen molar-refractivity contribution in [2.75, 3.05) is 5.94 Å². The van der Waals surface area contributed by atoms with E-state index < -0.39 is 28.1 Å². The van der Waals surface area contributed by atoms with Crippen molar-refractivity contribution >= 4 is 16.1 Å². The van der Waals surface area contributed by atoms with Crippen LogP contribution in [0.2, 0.25) is 0 Å². The van der Waals surface area contributed by atoms with Gasteiger partial charge >= 0.3 is 16.1 Å². The van der Waals surface area contributed by atoms with Crippen LogP contribution in [0.3, 0.4) is 0 Å². The van der Waals surface area contributed by atoms with Gasteiger partial charge in [-0.3, -0.25) is 9.35 Å². The van der Waals surface area contributed by atoms with Gasteiger partial charge in [-0.25, -0.2) is 0 Å². The molecule has 0 unspecified atom stereocenters. The van der Waals surface area contributed by atoms with Crippen LogP contribution in [0.25, 0.3) is 0 Å². The lowest BCUT2D eigenvalue weighted by Gasteiger charge is -2.12. The lowest BCUT2D eigenvalue weighted by atomic mass is 10.1. The molecule has 0 aliphatic carbocycles. The summed E-state index contributed by atoms with van der Waals surface area (Å²) in [5, 5.41) is 0. The fourth-order valence-electron chi connectivity index (χ4n) is 0.844. The Kier molecular flexibility index (Phi) is 5.03. The molecule has 0 aliphatic heterocycles. The van der Waals surface area contributed by atoms with Gasteiger partial charge in [-0.2, -0.15) is 8.42 Å². The molecule has 0 radical (unpaired) electrons. The van der Waals surface area contributed by atoms with E-state index in [0.717, 1.165) is 0 Å². The molecule has 0 spiro atoms. The van der Waals surface area contributed by atoms with Crippen LogP contribution >= 0.6 is 0 Å². The molecule has 84 valence electrons. The summed E-state index contributed by atoms with van der Waals surface area (Å²) in [6.07, 6.45) is 0.407. The second-order valence-corrected chi connectivity index (χ2v) is 4.80. The van der Waals surface area contributed by atoms with Crippen molar-refractivity contribution in [3.8, 4) is 0 Å². The Bertz CT molecular complexity index is 284. The molecule has 14 heavy (non-hydrogen) atoms. The van der Waals surface area contributed by atoms with E-state index in [-0.39, 0.29) is 5.92 Å². The third-order valence-electron chi connectivity index (χ3n) is 1.38. The van der Waals surface area contributed by atoms with Crippen LogP contribution in [-0.4, -0.2) is 30.9 Å². The van der Waals surface area contributed by atoms with E-state index in [9.17, 15) is 13.2 Å². The van der Waals surface area contributed by atoms with Crippen molar-refractivity contribution in [1.82, 2.24) is 0 Å². The second kappa shape index (κ2) is 5.28. The highest BCUT2D eigenvalue weighted by Crippen LogP contribution is 2.04. The molecule has 0 bridgehead atoms. The van der Waals surface area contributed by atoms with Gasteiger partial charge in [-0.1, -0.05) is 13.8 Å². The van der Waals surface area contributed by atoms with Crippen LogP contribution in [0.5, 0.6) is 0 Å². The Morgan fingerprint density at radius 1 is 1.50 bits per heavy atom. The van der Waals surface area contributed by atoms with E-state index in [4.69, 9.17) is 10.3 Å². The van der Waals surface area contributed by atoms with Gasteiger partial charge in [0.2, 0.25) is 5.94 Å². The van der Waals surface area contributed by atoms with Crippen molar-refractivity contribution in [1.29, 1.82) is 0 Å². The smallest absolute Gasteiger partial charge is 0.324 e. The maximum Gasteiger partial charge on any atom is 0.324 e. The predicted molar refractivity (Wildman–Crippen MR) is 49.9 cm³/mol. The quantitative estimate of drug-likeness (QED) is 0.493. The van der Waals surface area contributed by atoms with Crippen LogP contribution < -0.4 is 5.73 Å². The zero-order chi connectivity index (χ0) is 11.4. The molecule has 0 aromatic rings. The molecule has 0 aliphatic rings. The standard InChI is InChI=1S/C7H15NO5S/c1-5(2)3-6(8)7(9)13-4-14(10,11)12/h5-6H,3-4,8H2,1-2H3,(H,10,11,12)/t6-/m0/s1. The number of esters is 1. The third-order valence-corrected chi connectivity index (χ3v) is 1.79. The highest BCUT2D eigenvalue weighted by molar-refractivity contribution is 7.85. The van der Waals surface area contributed by atoms with Crippen molar-refractivity contribution in [2.45, 2.75) is 26.3 Å². The summed E-state index contributed by atoms with van der Waals surface area (Å²) in [7, 11) is -4.28. The fourth-order valence-corrected chi connectivity index (χ4v) is 1.11. The van der Waals surface area contributed by atoms with Crippen LogP contribution in [0.4, 0.5) is 0 Å². The van der Waals surface area contributed by atoms with Gasteiger partial charge < -0.3 is 10.5 Å². The molecule has 0 fully saturated rings. The van der Waals surface area contributed by atoms with E-state index in [1.807, 2.05) is 13.8 Å². The molecule has 0 saturated carbocycles. The molecule has 0 saturated heterocycles. The molecule has 7 heteroatoms. The molecule has 0 aromatic carbocycles.